The van der Waals surface area contributed by atoms with Gasteiger partial charge in [0.05, 0.1) is 0 Å². The molecule has 0 radical (unpaired) electrons. The minimum atomic E-state index is -0.479. The first-order chi connectivity index (χ1) is 8.02. The molecule has 94 valence electrons. The van der Waals surface area contributed by atoms with Crippen molar-refractivity contribution in [2.24, 2.45) is 10.9 Å². The fourth-order valence-corrected chi connectivity index (χ4v) is 1.39. The van der Waals surface area contributed by atoms with E-state index in [4.69, 9.17) is 10.9 Å². The van der Waals surface area contributed by atoms with Gasteiger partial charge in [0.25, 0.3) is 0 Å². The molecule has 0 heterocycles. The van der Waals surface area contributed by atoms with E-state index in [0.29, 0.717) is 6.42 Å². The van der Waals surface area contributed by atoms with Crippen LogP contribution >= 0.6 is 0 Å². The van der Waals surface area contributed by atoms with Gasteiger partial charge in [-0.3, -0.25) is 0 Å². The molecule has 1 aromatic rings. The maximum atomic E-state index is 13.3. The molecule has 1 unspecified atom stereocenters. The van der Waals surface area contributed by atoms with Crippen LogP contribution in [-0.2, 0) is 6.54 Å². The van der Waals surface area contributed by atoms with E-state index >= 15 is 0 Å². The minimum Gasteiger partial charge on any atom is -0.409 e. The maximum Gasteiger partial charge on any atom is 0.140 e. The van der Waals surface area contributed by atoms with Crippen LogP contribution in [0.15, 0.2) is 23.4 Å². The molecule has 0 aliphatic carbocycles. The molecular weight excluding hydrogens is 228 g/mol. The van der Waals surface area contributed by atoms with Crippen molar-refractivity contribution in [3.05, 3.63) is 35.4 Å². The van der Waals surface area contributed by atoms with E-state index in [2.05, 4.69) is 10.5 Å². The standard InChI is InChI=1S/C11H15F2N3O/c1-7(4-11(14)16-17)15-6-8-5-9(12)2-3-10(8)13/h2-3,5,7,15,17H,4,6H2,1H3,(H2,14,16). The van der Waals surface area contributed by atoms with E-state index < -0.39 is 11.6 Å². The monoisotopic (exact) mass is 243 g/mol. The number of nitrogens with one attached hydrogen (secondary N) is 1. The zero-order valence-electron chi connectivity index (χ0n) is 9.45. The van der Waals surface area contributed by atoms with Crippen LogP contribution in [-0.4, -0.2) is 17.1 Å². The maximum absolute atomic E-state index is 13.3. The molecule has 1 aromatic carbocycles. The molecule has 1 rings (SSSR count). The molecule has 4 nitrogen and oxygen atoms in total. The van der Waals surface area contributed by atoms with Crippen LogP contribution in [0, 0.1) is 11.6 Å². The molecule has 0 aromatic heterocycles. The van der Waals surface area contributed by atoms with Crippen LogP contribution in [0.25, 0.3) is 0 Å². The van der Waals surface area contributed by atoms with Gasteiger partial charge in [-0.25, -0.2) is 8.78 Å². The van der Waals surface area contributed by atoms with E-state index in [1.54, 1.807) is 6.92 Å². The highest BCUT2D eigenvalue weighted by Crippen LogP contribution is 2.09. The molecule has 6 heteroatoms. The van der Waals surface area contributed by atoms with Crippen molar-refractivity contribution in [1.29, 1.82) is 0 Å². The van der Waals surface area contributed by atoms with E-state index in [1.807, 2.05) is 0 Å². The number of benzene rings is 1. The minimum absolute atomic E-state index is 0.0877. The number of oxime groups is 1. The average molecular weight is 243 g/mol. The summed E-state index contributed by atoms with van der Waals surface area (Å²) >= 11 is 0. The fourth-order valence-electron chi connectivity index (χ4n) is 1.39. The summed E-state index contributed by atoms with van der Waals surface area (Å²) in [6.45, 7) is 1.98. The molecule has 0 aliphatic heterocycles. The van der Waals surface area contributed by atoms with E-state index in [9.17, 15) is 8.78 Å². The van der Waals surface area contributed by atoms with Crippen molar-refractivity contribution in [2.75, 3.05) is 0 Å². The first-order valence-electron chi connectivity index (χ1n) is 5.16. The van der Waals surface area contributed by atoms with Crippen LogP contribution in [0.3, 0.4) is 0 Å². The Morgan fingerprint density at radius 3 is 2.88 bits per heavy atom. The molecule has 0 saturated carbocycles. The van der Waals surface area contributed by atoms with Gasteiger partial charge in [0.1, 0.15) is 17.5 Å². The molecule has 0 bridgehead atoms. The van der Waals surface area contributed by atoms with Crippen molar-refractivity contribution in [1.82, 2.24) is 5.32 Å². The summed E-state index contributed by atoms with van der Waals surface area (Å²) in [5.41, 5.74) is 5.57. The Bertz CT molecular complexity index is 410. The summed E-state index contributed by atoms with van der Waals surface area (Å²) in [7, 11) is 0. The van der Waals surface area contributed by atoms with Gasteiger partial charge in [0, 0.05) is 24.6 Å². The third-order valence-electron chi connectivity index (χ3n) is 2.29. The second-order valence-electron chi connectivity index (χ2n) is 3.81. The van der Waals surface area contributed by atoms with Gasteiger partial charge in [0.2, 0.25) is 0 Å². The average Bonchev–Trinajstić information content (AvgIpc) is 2.30. The van der Waals surface area contributed by atoms with Crippen molar-refractivity contribution in [3.63, 3.8) is 0 Å². The Balaban J connectivity index is 2.52. The number of hydrogen-bond donors (Lipinski definition) is 3. The predicted molar refractivity (Wildman–Crippen MR) is 60.7 cm³/mol. The summed E-state index contributed by atoms with van der Waals surface area (Å²) < 4.78 is 26.1. The van der Waals surface area contributed by atoms with Gasteiger partial charge in [-0.05, 0) is 25.1 Å². The third-order valence-corrected chi connectivity index (χ3v) is 2.29. The quantitative estimate of drug-likeness (QED) is 0.318. The molecule has 0 aliphatic rings. The largest absolute Gasteiger partial charge is 0.409 e. The lowest BCUT2D eigenvalue weighted by atomic mass is 10.1. The number of rotatable bonds is 5. The summed E-state index contributed by atoms with van der Waals surface area (Å²) in [6, 6.07) is 3.19. The lowest BCUT2D eigenvalue weighted by Gasteiger charge is -2.13. The lowest BCUT2D eigenvalue weighted by Crippen LogP contribution is -2.31. The van der Waals surface area contributed by atoms with Crippen LogP contribution in [0.1, 0.15) is 18.9 Å². The first kappa shape index (κ1) is 13.4. The van der Waals surface area contributed by atoms with Crippen LogP contribution in [0.4, 0.5) is 8.78 Å². The summed E-state index contributed by atoms with van der Waals surface area (Å²) in [4.78, 5) is 0. The fraction of sp³-hybridized carbons (Fsp3) is 0.364. The molecule has 17 heavy (non-hydrogen) atoms. The number of hydrogen-bond acceptors (Lipinski definition) is 3. The third kappa shape index (κ3) is 4.36. The number of nitrogens with two attached hydrogens (primary N) is 1. The van der Waals surface area contributed by atoms with Crippen molar-refractivity contribution >= 4 is 5.84 Å². The predicted octanol–water partition coefficient (Wildman–Crippen LogP) is 1.58. The number of halogens is 2. The van der Waals surface area contributed by atoms with Crippen LogP contribution in [0.2, 0.25) is 0 Å². The highest BCUT2D eigenvalue weighted by atomic mass is 19.1. The van der Waals surface area contributed by atoms with Gasteiger partial charge in [0.15, 0.2) is 0 Å². The molecule has 0 spiro atoms. The van der Waals surface area contributed by atoms with E-state index in [1.165, 1.54) is 0 Å². The topological polar surface area (TPSA) is 70.6 Å². The van der Waals surface area contributed by atoms with Gasteiger partial charge in [-0.15, -0.1) is 0 Å². The smallest absolute Gasteiger partial charge is 0.140 e. The van der Waals surface area contributed by atoms with Crippen molar-refractivity contribution < 1.29 is 14.0 Å². The molecular formula is C11H15F2N3O. The summed E-state index contributed by atoms with van der Waals surface area (Å²) in [6.07, 6.45) is 0.327. The van der Waals surface area contributed by atoms with E-state index in [-0.39, 0.29) is 24.0 Å². The molecule has 0 amide bonds. The number of amidine groups is 1. The second kappa shape index (κ2) is 6.15. The molecule has 4 N–H and O–H groups in total. The lowest BCUT2D eigenvalue weighted by molar-refractivity contribution is 0.315. The van der Waals surface area contributed by atoms with Crippen LogP contribution in [0.5, 0.6) is 0 Å². The zero-order valence-corrected chi connectivity index (χ0v) is 9.45. The molecule has 0 saturated heterocycles. The Hall–Kier alpha value is -1.69. The summed E-state index contributed by atoms with van der Waals surface area (Å²) in [5.74, 6) is -0.855. The zero-order chi connectivity index (χ0) is 12.8. The molecule has 1 atom stereocenters. The highest BCUT2D eigenvalue weighted by molar-refractivity contribution is 5.80. The highest BCUT2D eigenvalue weighted by Gasteiger charge is 2.07. The summed E-state index contributed by atoms with van der Waals surface area (Å²) in [5, 5.41) is 14.2. The van der Waals surface area contributed by atoms with Gasteiger partial charge in [-0.2, -0.15) is 0 Å². The van der Waals surface area contributed by atoms with Crippen molar-refractivity contribution in [2.45, 2.75) is 25.9 Å². The first-order valence-corrected chi connectivity index (χ1v) is 5.16. The number of nitrogens with zero attached hydrogens (tertiary/aromatic N) is 1. The van der Waals surface area contributed by atoms with Gasteiger partial charge >= 0.3 is 0 Å². The SMILES string of the molecule is CC(CC(N)=NO)NCc1cc(F)ccc1F. The van der Waals surface area contributed by atoms with E-state index in [0.717, 1.165) is 18.2 Å². The Morgan fingerprint density at radius 2 is 2.24 bits per heavy atom. The Morgan fingerprint density at radius 1 is 1.53 bits per heavy atom. The normalized spacial score (nSPS) is 13.7. The Kier molecular flexibility index (Phi) is 4.84. The van der Waals surface area contributed by atoms with Gasteiger partial charge < -0.3 is 16.3 Å². The molecule has 0 fully saturated rings. The second-order valence-corrected chi connectivity index (χ2v) is 3.81. The Labute approximate surface area is 98.1 Å². The van der Waals surface area contributed by atoms with Crippen LogP contribution < -0.4 is 11.1 Å². The van der Waals surface area contributed by atoms with Crippen molar-refractivity contribution in [3.8, 4) is 0 Å². The van der Waals surface area contributed by atoms with Gasteiger partial charge in [-0.1, -0.05) is 5.16 Å².